The number of nitrogens with one attached hydrogen (secondary N) is 2. The molecule has 3 rings (SSSR count). The fourth-order valence-electron chi connectivity index (χ4n) is 2.83. The fraction of sp³-hybridized carbons (Fsp3) is 0.333. The molecule has 1 saturated carbocycles. The fourth-order valence-corrected chi connectivity index (χ4v) is 3.01. The van der Waals surface area contributed by atoms with Crippen LogP contribution in [0.25, 0.3) is 0 Å². The maximum absolute atomic E-state index is 12.5. The standard InChI is InChI=1S/C21H23ClN2O3/c1-12(2)27-19-7-5-4-6-18(19)24-21(26)16-11-15(16)20(25)23-14-9-8-13(3)17(22)10-14/h4-10,12,15-16H,11H2,1-3H3,(H,23,25)(H,24,26). The zero-order valence-electron chi connectivity index (χ0n) is 15.6. The van der Waals surface area contributed by atoms with Crippen molar-refractivity contribution >= 4 is 34.8 Å². The summed E-state index contributed by atoms with van der Waals surface area (Å²) in [6.45, 7) is 5.75. The van der Waals surface area contributed by atoms with Crippen molar-refractivity contribution in [3.05, 3.63) is 53.1 Å². The molecule has 2 aromatic carbocycles. The van der Waals surface area contributed by atoms with Gasteiger partial charge in [-0.05, 0) is 57.0 Å². The quantitative estimate of drug-likeness (QED) is 0.759. The summed E-state index contributed by atoms with van der Waals surface area (Å²) in [4.78, 5) is 24.9. The Hall–Kier alpha value is -2.53. The summed E-state index contributed by atoms with van der Waals surface area (Å²) in [5.74, 6) is -0.378. The van der Waals surface area contributed by atoms with Gasteiger partial charge in [-0.25, -0.2) is 0 Å². The van der Waals surface area contributed by atoms with Gasteiger partial charge in [-0.3, -0.25) is 9.59 Å². The summed E-state index contributed by atoms with van der Waals surface area (Å²) in [6, 6.07) is 12.7. The molecule has 0 heterocycles. The number of benzene rings is 2. The normalized spacial score (nSPS) is 18.1. The van der Waals surface area contributed by atoms with Crippen molar-refractivity contribution in [2.75, 3.05) is 10.6 Å². The van der Waals surface area contributed by atoms with Gasteiger partial charge < -0.3 is 15.4 Å². The first-order valence-electron chi connectivity index (χ1n) is 8.98. The average molecular weight is 387 g/mol. The van der Waals surface area contributed by atoms with E-state index < -0.39 is 0 Å². The molecule has 1 aliphatic carbocycles. The van der Waals surface area contributed by atoms with Crippen LogP contribution in [0.3, 0.4) is 0 Å². The molecule has 2 N–H and O–H groups in total. The number of hydrogen-bond acceptors (Lipinski definition) is 3. The number of ether oxygens (including phenoxy) is 1. The first-order chi connectivity index (χ1) is 12.8. The van der Waals surface area contributed by atoms with Gasteiger partial charge in [0.1, 0.15) is 5.75 Å². The van der Waals surface area contributed by atoms with E-state index in [9.17, 15) is 9.59 Å². The zero-order chi connectivity index (χ0) is 19.6. The molecule has 2 aromatic rings. The highest BCUT2D eigenvalue weighted by atomic mass is 35.5. The van der Waals surface area contributed by atoms with Crippen LogP contribution >= 0.6 is 11.6 Å². The summed E-state index contributed by atoms with van der Waals surface area (Å²) in [5.41, 5.74) is 2.20. The smallest absolute Gasteiger partial charge is 0.228 e. The Morgan fingerprint density at radius 2 is 1.74 bits per heavy atom. The van der Waals surface area contributed by atoms with E-state index in [1.807, 2.05) is 45.0 Å². The van der Waals surface area contributed by atoms with Crippen molar-refractivity contribution in [2.45, 2.75) is 33.3 Å². The van der Waals surface area contributed by atoms with Crippen LogP contribution in [-0.2, 0) is 9.59 Å². The molecule has 0 aliphatic heterocycles. The molecule has 0 bridgehead atoms. The topological polar surface area (TPSA) is 67.4 Å². The van der Waals surface area contributed by atoms with Gasteiger partial charge in [-0.1, -0.05) is 29.8 Å². The van der Waals surface area contributed by atoms with Crippen molar-refractivity contribution in [3.8, 4) is 5.75 Å². The molecular formula is C21H23ClN2O3. The molecule has 0 radical (unpaired) electrons. The van der Waals surface area contributed by atoms with Gasteiger partial charge in [0.15, 0.2) is 0 Å². The number of aryl methyl sites for hydroxylation is 1. The highest BCUT2D eigenvalue weighted by Crippen LogP contribution is 2.41. The molecule has 6 heteroatoms. The Kier molecular flexibility index (Phi) is 5.71. The lowest BCUT2D eigenvalue weighted by molar-refractivity contribution is -0.122. The molecule has 0 aromatic heterocycles. The van der Waals surface area contributed by atoms with Gasteiger partial charge in [0.2, 0.25) is 11.8 Å². The minimum atomic E-state index is -0.335. The van der Waals surface area contributed by atoms with Crippen LogP contribution in [0.2, 0.25) is 5.02 Å². The SMILES string of the molecule is Cc1ccc(NC(=O)C2CC2C(=O)Nc2ccccc2OC(C)C)cc1Cl. The van der Waals surface area contributed by atoms with Crippen molar-refractivity contribution in [1.82, 2.24) is 0 Å². The zero-order valence-corrected chi connectivity index (χ0v) is 16.3. The molecule has 27 heavy (non-hydrogen) atoms. The third-order valence-electron chi connectivity index (χ3n) is 4.41. The van der Waals surface area contributed by atoms with Crippen LogP contribution in [0.1, 0.15) is 25.8 Å². The molecule has 1 aliphatic rings. The van der Waals surface area contributed by atoms with Crippen LogP contribution < -0.4 is 15.4 Å². The Balaban J connectivity index is 1.59. The molecule has 2 unspecified atom stereocenters. The van der Waals surface area contributed by atoms with Gasteiger partial charge in [0, 0.05) is 10.7 Å². The maximum Gasteiger partial charge on any atom is 0.228 e. The molecule has 2 amide bonds. The van der Waals surface area contributed by atoms with Gasteiger partial charge in [0.25, 0.3) is 0 Å². The molecule has 5 nitrogen and oxygen atoms in total. The highest BCUT2D eigenvalue weighted by Gasteiger charge is 2.48. The van der Waals surface area contributed by atoms with Gasteiger partial charge >= 0.3 is 0 Å². The number of para-hydroxylation sites is 2. The van der Waals surface area contributed by atoms with Crippen molar-refractivity contribution in [3.63, 3.8) is 0 Å². The molecule has 0 spiro atoms. The minimum Gasteiger partial charge on any atom is -0.489 e. The molecule has 1 fully saturated rings. The highest BCUT2D eigenvalue weighted by molar-refractivity contribution is 6.31. The number of carbonyl (C=O) groups is 2. The van der Waals surface area contributed by atoms with Crippen LogP contribution in [0, 0.1) is 18.8 Å². The lowest BCUT2D eigenvalue weighted by atomic mass is 10.2. The van der Waals surface area contributed by atoms with E-state index in [1.165, 1.54) is 0 Å². The summed E-state index contributed by atoms with van der Waals surface area (Å²) in [5, 5.41) is 6.31. The van der Waals surface area contributed by atoms with Crippen LogP contribution in [0.15, 0.2) is 42.5 Å². The largest absolute Gasteiger partial charge is 0.489 e. The van der Waals surface area contributed by atoms with Crippen LogP contribution in [0.5, 0.6) is 5.75 Å². The van der Waals surface area contributed by atoms with E-state index in [-0.39, 0.29) is 29.8 Å². The third kappa shape index (κ3) is 4.80. The summed E-state index contributed by atoms with van der Waals surface area (Å²) in [6.07, 6.45) is 0.536. The number of anilines is 2. The molecule has 0 saturated heterocycles. The van der Waals surface area contributed by atoms with Crippen molar-refractivity contribution in [1.29, 1.82) is 0 Å². The number of hydrogen-bond donors (Lipinski definition) is 2. The van der Waals surface area contributed by atoms with Gasteiger partial charge in [-0.15, -0.1) is 0 Å². The Morgan fingerprint density at radius 3 is 2.41 bits per heavy atom. The summed E-state index contributed by atoms with van der Waals surface area (Å²) < 4.78 is 5.71. The summed E-state index contributed by atoms with van der Waals surface area (Å²) >= 11 is 6.09. The second-order valence-electron chi connectivity index (χ2n) is 7.05. The Labute approximate surface area is 164 Å². The predicted molar refractivity (Wildman–Crippen MR) is 107 cm³/mol. The van der Waals surface area contributed by atoms with Crippen LogP contribution in [0.4, 0.5) is 11.4 Å². The van der Waals surface area contributed by atoms with Crippen molar-refractivity contribution in [2.24, 2.45) is 11.8 Å². The van der Waals surface area contributed by atoms with E-state index in [0.717, 1.165) is 5.56 Å². The number of amides is 2. The lowest BCUT2D eigenvalue weighted by Gasteiger charge is -2.14. The second kappa shape index (κ2) is 8.01. The van der Waals surface area contributed by atoms with E-state index in [4.69, 9.17) is 16.3 Å². The minimum absolute atomic E-state index is 0.00355. The third-order valence-corrected chi connectivity index (χ3v) is 4.82. The maximum atomic E-state index is 12.5. The van der Waals surface area contributed by atoms with Crippen LogP contribution in [-0.4, -0.2) is 17.9 Å². The first kappa shape index (κ1) is 19.2. The number of carbonyl (C=O) groups excluding carboxylic acids is 2. The number of halogens is 1. The Bertz CT molecular complexity index is 866. The monoisotopic (exact) mass is 386 g/mol. The molecule has 2 atom stereocenters. The summed E-state index contributed by atoms with van der Waals surface area (Å²) in [7, 11) is 0. The van der Waals surface area contributed by atoms with E-state index >= 15 is 0 Å². The second-order valence-corrected chi connectivity index (χ2v) is 7.46. The lowest BCUT2D eigenvalue weighted by Crippen LogP contribution is -2.21. The molecular weight excluding hydrogens is 364 g/mol. The first-order valence-corrected chi connectivity index (χ1v) is 9.36. The van der Waals surface area contributed by atoms with Gasteiger partial charge in [0.05, 0.1) is 23.6 Å². The Morgan fingerprint density at radius 1 is 1.07 bits per heavy atom. The molecule has 142 valence electrons. The van der Waals surface area contributed by atoms with E-state index in [2.05, 4.69) is 10.6 Å². The van der Waals surface area contributed by atoms with E-state index in [0.29, 0.717) is 28.6 Å². The van der Waals surface area contributed by atoms with Gasteiger partial charge in [-0.2, -0.15) is 0 Å². The number of rotatable bonds is 6. The average Bonchev–Trinajstić information content (AvgIpc) is 3.40. The van der Waals surface area contributed by atoms with E-state index in [1.54, 1.807) is 18.2 Å². The van der Waals surface area contributed by atoms with Crippen molar-refractivity contribution < 1.29 is 14.3 Å². The predicted octanol–water partition coefficient (Wildman–Crippen LogP) is 4.65.